The monoisotopic (exact) mass is 464 g/mol. The van der Waals surface area contributed by atoms with Crippen molar-refractivity contribution in [3.8, 4) is 0 Å². The van der Waals surface area contributed by atoms with E-state index in [-0.39, 0.29) is 35.6 Å². The molecular formula is C25H33FO5S. The van der Waals surface area contributed by atoms with Gasteiger partial charge in [-0.2, -0.15) is 11.8 Å². The molecule has 0 bridgehead atoms. The summed E-state index contributed by atoms with van der Waals surface area (Å²) in [5.74, 6) is -1.76. The van der Waals surface area contributed by atoms with Gasteiger partial charge >= 0.3 is 5.97 Å². The Kier molecular flexibility index (Phi) is 5.57. The van der Waals surface area contributed by atoms with Gasteiger partial charge in [0, 0.05) is 22.7 Å². The van der Waals surface area contributed by atoms with Crippen molar-refractivity contribution in [2.45, 2.75) is 70.8 Å². The molecule has 0 heterocycles. The molecule has 4 aliphatic rings. The molecule has 0 aromatic heterocycles. The lowest BCUT2D eigenvalue weighted by molar-refractivity contribution is -0.226. The molecule has 32 heavy (non-hydrogen) atoms. The van der Waals surface area contributed by atoms with Crippen molar-refractivity contribution in [2.24, 2.45) is 28.6 Å². The summed E-state index contributed by atoms with van der Waals surface area (Å²) < 4.78 is 23.2. The SMILES string of the molecule is CSCC(=O)O[C@]1(C(C)=O)[C@@H](C)C[C@H]2[C@@H]3CCC4=CC(=O)C=C[C@]4(C)[C@@]3(F)[C@@H](O)C[C@@]21C. The van der Waals surface area contributed by atoms with Crippen LogP contribution in [0.2, 0.25) is 0 Å². The third-order valence-electron chi connectivity index (χ3n) is 9.24. The summed E-state index contributed by atoms with van der Waals surface area (Å²) in [6.45, 7) is 7.01. The fourth-order valence-corrected chi connectivity index (χ4v) is 8.19. The van der Waals surface area contributed by atoms with Gasteiger partial charge in [-0.1, -0.05) is 25.5 Å². The maximum atomic E-state index is 17.2. The van der Waals surface area contributed by atoms with Crippen LogP contribution in [-0.2, 0) is 19.1 Å². The lowest BCUT2D eigenvalue weighted by Gasteiger charge is -2.62. The van der Waals surface area contributed by atoms with Gasteiger partial charge in [0.15, 0.2) is 22.8 Å². The molecular weight excluding hydrogens is 431 g/mol. The highest BCUT2D eigenvalue weighted by Gasteiger charge is 2.76. The maximum Gasteiger partial charge on any atom is 0.316 e. The molecule has 0 amide bonds. The lowest BCUT2D eigenvalue weighted by Crippen LogP contribution is -2.69. The van der Waals surface area contributed by atoms with Crippen LogP contribution < -0.4 is 0 Å². The molecule has 3 saturated carbocycles. The highest BCUT2D eigenvalue weighted by atomic mass is 32.2. The van der Waals surface area contributed by atoms with Crippen LogP contribution >= 0.6 is 11.8 Å². The fraction of sp³-hybridized carbons (Fsp3) is 0.720. The number of halogens is 1. The van der Waals surface area contributed by atoms with Crippen LogP contribution in [0.3, 0.4) is 0 Å². The molecule has 4 aliphatic carbocycles. The van der Waals surface area contributed by atoms with Gasteiger partial charge in [-0.05, 0) is 63.9 Å². The third-order valence-corrected chi connectivity index (χ3v) is 9.77. The number of ether oxygens (including phenoxy) is 1. The molecule has 3 fully saturated rings. The molecule has 0 aromatic rings. The number of aliphatic hydroxyl groups is 1. The van der Waals surface area contributed by atoms with Crippen molar-refractivity contribution < 1.29 is 28.6 Å². The van der Waals surface area contributed by atoms with E-state index in [1.54, 1.807) is 19.3 Å². The van der Waals surface area contributed by atoms with Crippen LogP contribution in [0.4, 0.5) is 4.39 Å². The number of hydrogen-bond donors (Lipinski definition) is 1. The van der Waals surface area contributed by atoms with Crippen molar-refractivity contribution in [1.29, 1.82) is 0 Å². The Bertz CT molecular complexity index is 929. The number of fused-ring (bicyclic) bond motifs is 5. The van der Waals surface area contributed by atoms with Crippen LogP contribution in [0.5, 0.6) is 0 Å². The van der Waals surface area contributed by atoms with Gasteiger partial charge in [0.1, 0.15) is 0 Å². The van der Waals surface area contributed by atoms with Gasteiger partial charge in [-0.3, -0.25) is 14.4 Å². The molecule has 5 nitrogen and oxygen atoms in total. The summed E-state index contributed by atoms with van der Waals surface area (Å²) >= 11 is 1.33. The van der Waals surface area contributed by atoms with Crippen molar-refractivity contribution in [1.82, 2.24) is 0 Å². The van der Waals surface area contributed by atoms with Gasteiger partial charge in [0.2, 0.25) is 0 Å². The molecule has 176 valence electrons. The largest absolute Gasteiger partial charge is 0.450 e. The van der Waals surface area contributed by atoms with Gasteiger partial charge in [0.25, 0.3) is 0 Å². The first kappa shape index (κ1) is 23.7. The second-order valence-corrected chi connectivity index (χ2v) is 11.5. The van der Waals surface area contributed by atoms with E-state index in [0.29, 0.717) is 19.3 Å². The van der Waals surface area contributed by atoms with E-state index in [1.165, 1.54) is 30.8 Å². The van der Waals surface area contributed by atoms with Crippen LogP contribution in [0, 0.1) is 28.6 Å². The second-order valence-electron chi connectivity index (χ2n) is 10.6. The molecule has 1 N–H and O–H groups in total. The Labute approximate surface area is 193 Å². The Morgan fingerprint density at radius 2 is 2.00 bits per heavy atom. The van der Waals surface area contributed by atoms with Crippen molar-refractivity contribution >= 4 is 29.3 Å². The first-order valence-corrected chi connectivity index (χ1v) is 12.8. The fourth-order valence-electron chi connectivity index (χ4n) is 7.90. The van der Waals surface area contributed by atoms with Crippen molar-refractivity contribution in [2.75, 3.05) is 12.0 Å². The van der Waals surface area contributed by atoms with E-state index < -0.39 is 40.1 Å². The summed E-state index contributed by atoms with van der Waals surface area (Å²) in [4.78, 5) is 37.7. The number of carbonyl (C=O) groups is 3. The van der Waals surface area contributed by atoms with Crippen molar-refractivity contribution in [3.05, 3.63) is 23.8 Å². The van der Waals surface area contributed by atoms with Gasteiger partial charge in [-0.25, -0.2) is 4.39 Å². The van der Waals surface area contributed by atoms with E-state index in [9.17, 15) is 19.5 Å². The maximum absolute atomic E-state index is 17.2. The van der Waals surface area contributed by atoms with E-state index >= 15 is 4.39 Å². The number of ketones is 2. The third kappa shape index (κ3) is 2.76. The zero-order chi connectivity index (χ0) is 23.7. The predicted octanol–water partition coefficient (Wildman–Crippen LogP) is 3.84. The molecule has 0 radical (unpaired) electrons. The molecule has 7 heteroatoms. The Balaban J connectivity index is 1.82. The molecule has 4 rings (SSSR count). The summed E-state index contributed by atoms with van der Waals surface area (Å²) in [7, 11) is 0. The van der Waals surface area contributed by atoms with E-state index in [0.717, 1.165) is 5.57 Å². The summed E-state index contributed by atoms with van der Waals surface area (Å²) in [6, 6.07) is 0. The standard InChI is InChI=1S/C25H33FO5S/c1-14-10-19-18-7-6-16-11-17(28)8-9-22(16,3)24(18,26)20(29)12-23(19,4)25(14,15(2)27)31-21(30)13-32-5/h8-9,11,14,18-20,29H,6-7,10,12-13H2,1-5H3/t14-,18-,19-,20-,22-,23-,24-,25-/m0/s1. The van der Waals surface area contributed by atoms with Crippen LogP contribution in [0.15, 0.2) is 23.8 Å². The first-order chi connectivity index (χ1) is 14.9. The Morgan fingerprint density at radius 1 is 1.31 bits per heavy atom. The number of Topliss-reactive ketones (excluding diaryl/α,β-unsaturated/α-hetero) is 1. The number of esters is 1. The molecule has 0 aliphatic heterocycles. The average molecular weight is 465 g/mol. The highest BCUT2D eigenvalue weighted by molar-refractivity contribution is 7.99. The average Bonchev–Trinajstić information content (AvgIpc) is 2.92. The zero-order valence-electron chi connectivity index (χ0n) is 19.4. The van der Waals surface area contributed by atoms with E-state index in [4.69, 9.17) is 4.74 Å². The Hall–Kier alpha value is -1.47. The quantitative estimate of drug-likeness (QED) is 0.637. The molecule has 0 saturated heterocycles. The summed E-state index contributed by atoms with van der Waals surface area (Å²) in [5, 5.41) is 11.4. The number of allylic oxidation sites excluding steroid dienone is 4. The van der Waals surface area contributed by atoms with Gasteiger partial charge in [0.05, 0.1) is 11.9 Å². The smallest absolute Gasteiger partial charge is 0.316 e. The number of aliphatic hydroxyl groups excluding tert-OH is 1. The van der Waals surface area contributed by atoms with E-state index in [1.807, 2.05) is 13.8 Å². The van der Waals surface area contributed by atoms with Crippen LogP contribution in [-0.4, -0.2) is 52.0 Å². The topological polar surface area (TPSA) is 80.7 Å². The number of hydrogen-bond acceptors (Lipinski definition) is 6. The van der Waals surface area contributed by atoms with Crippen LogP contribution in [0.25, 0.3) is 0 Å². The lowest BCUT2D eigenvalue weighted by atomic mass is 9.44. The molecule has 0 spiro atoms. The number of thioether (sulfide) groups is 1. The predicted molar refractivity (Wildman–Crippen MR) is 121 cm³/mol. The zero-order valence-corrected chi connectivity index (χ0v) is 20.3. The van der Waals surface area contributed by atoms with E-state index in [2.05, 4.69) is 0 Å². The normalized spacial score (nSPS) is 47.2. The summed E-state index contributed by atoms with van der Waals surface area (Å²) in [6.07, 6.45) is 6.58. The number of carbonyl (C=O) groups excluding carboxylic acids is 3. The molecule has 8 atom stereocenters. The minimum absolute atomic E-state index is 0.0196. The minimum atomic E-state index is -1.96. The first-order valence-electron chi connectivity index (χ1n) is 11.4. The van der Waals surface area contributed by atoms with Crippen molar-refractivity contribution in [3.63, 3.8) is 0 Å². The number of rotatable bonds is 4. The highest BCUT2D eigenvalue weighted by Crippen LogP contribution is 2.71. The van der Waals surface area contributed by atoms with Crippen LogP contribution in [0.1, 0.15) is 53.4 Å². The van der Waals surface area contributed by atoms with Gasteiger partial charge < -0.3 is 9.84 Å². The second kappa shape index (κ2) is 7.52. The minimum Gasteiger partial charge on any atom is -0.450 e. The van der Waals surface area contributed by atoms with Gasteiger partial charge in [-0.15, -0.1) is 0 Å². The number of alkyl halides is 1. The molecule has 0 unspecified atom stereocenters. The Morgan fingerprint density at radius 3 is 2.62 bits per heavy atom. The summed E-state index contributed by atoms with van der Waals surface area (Å²) in [5.41, 5.74) is -4.58. The molecule has 0 aromatic carbocycles.